The Morgan fingerprint density at radius 1 is 0.580 bits per heavy atom. The van der Waals surface area contributed by atoms with Crippen molar-refractivity contribution >= 4 is 17.6 Å². The van der Waals surface area contributed by atoms with E-state index < -0.39 is 6.10 Å². The van der Waals surface area contributed by atoms with Gasteiger partial charge in [0.1, 0.15) is 6.61 Å². The van der Waals surface area contributed by atoms with Crippen LogP contribution in [0.3, 0.4) is 0 Å². The lowest BCUT2D eigenvalue weighted by Crippen LogP contribution is -2.31. The molecule has 0 aliphatic carbocycles. The quantitative estimate of drug-likeness (QED) is 0.0452. The Hall–Kier alpha value is -3.34. The van der Waals surface area contributed by atoms with Gasteiger partial charge in [-0.25, -0.2) is 0 Å². The third kappa shape index (κ3) is 30.7. The molecule has 1 atom stereocenters. The van der Waals surface area contributed by atoms with Crippen LogP contribution in [0, 0.1) is 0 Å². The Morgan fingerprint density at radius 2 is 1.06 bits per heavy atom. The maximum Gasteiger partial charge on any atom is 0.306 e. The van der Waals surface area contributed by atoms with Gasteiger partial charge in [-0.05, 0) is 89.2 Å². The van der Waals surface area contributed by atoms with Gasteiger partial charge in [0, 0.05) is 18.5 Å². The van der Waals surface area contributed by atoms with Crippen molar-refractivity contribution in [2.75, 3.05) is 18.5 Å². The number of unbranched alkanes of at least 4 members (excludes halogenated alkanes) is 13. The highest BCUT2D eigenvalue weighted by Gasteiger charge is 2.17. The Morgan fingerprint density at radius 3 is 1.62 bits per heavy atom. The fraction of sp³-hybridized carbons (Fsp3) is 0.600. The maximum absolute atomic E-state index is 12.7. The predicted octanol–water partition coefficient (Wildman–Crippen LogP) is 13.0. The van der Waals surface area contributed by atoms with Crippen LogP contribution in [0.2, 0.25) is 0 Å². The molecule has 1 unspecified atom stereocenters. The van der Waals surface area contributed by atoms with Crippen molar-refractivity contribution in [2.24, 2.45) is 0 Å². The van der Waals surface area contributed by atoms with E-state index in [-0.39, 0.29) is 18.5 Å². The zero-order chi connectivity index (χ0) is 36.0. The predicted molar refractivity (Wildman–Crippen MR) is 214 cm³/mol. The number of esters is 2. The van der Waals surface area contributed by atoms with Crippen molar-refractivity contribution in [1.82, 2.24) is 0 Å². The number of carbonyl (C=O) groups excluding carboxylic acids is 2. The first-order chi connectivity index (χ1) is 24.7. The Balaban J connectivity index is 2.20. The lowest BCUT2D eigenvalue weighted by molar-refractivity contribution is -0.158. The molecule has 0 bridgehead atoms. The molecule has 1 N–H and O–H groups in total. The molecule has 0 spiro atoms. The van der Waals surface area contributed by atoms with Gasteiger partial charge in [-0.1, -0.05) is 144 Å². The molecule has 0 heterocycles. The molecule has 5 nitrogen and oxygen atoms in total. The van der Waals surface area contributed by atoms with Crippen molar-refractivity contribution in [2.45, 2.75) is 161 Å². The highest BCUT2D eigenvalue weighted by atomic mass is 16.6. The molecule has 50 heavy (non-hydrogen) atoms. The summed E-state index contributed by atoms with van der Waals surface area (Å²) in [5, 5.41) is 3.31. The standard InChI is InChI=1S/C45H71NO4/c1-3-5-7-9-11-13-15-17-19-21-23-25-27-29-34-38-44(47)49-41-43(40-46-42-36-32-31-33-37-42)50-45(48)39-35-30-28-26-24-22-20-18-16-14-12-10-8-6-4-2/h5,7,11-14,17-20,31-33,36-37,43,46H,3-4,6,8-10,15-16,21-30,34-35,38-41H2,1-2H3. The molecule has 0 amide bonds. The average Bonchev–Trinajstić information content (AvgIpc) is 3.13. The van der Waals surface area contributed by atoms with Crippen LogP contribution in [0.25, 0.3) is 0 Å². The topological polar surface area (TPSA) is 64.6 Å². The first-order valence-electron chi connectivity index (χ1n) is 20.0. The van der Waals surface area contributed by atoms with Crippen molar-refractivity contribution in [3.8, 4) is 0 Å². The number of hydrogen-bond donors (Lipinski definition) is 1. The first kappa shape index (κ1) is 44.7. The number of rotatable bonds is 33. The largest absolute Gasteiger partial charge is 0.462 e. The summed E-state index contributed by atoms with van der Waals surface area (Å²) in [6, 6.07) is 9.81. The van der Waals surface area contributed by atoms with Gasteiger partial charge in [0.15, 0.2) is 6.10 Å². The van der Waals surface area contributed by atoms with Gasteiger partial charge >= 0.3 is 11.9 Å². The third-order valence-electron chi connectivity index (χ3n) is 8.40. The van der Waals surface area contributed by atoms with Crippen LogP contribution in [0.5, 0.6) is 0 Å². The minimum Gasteiger partial charge on any atom is -0.462 e. The molecular formula is C45H71NO4. The number of anilines is 1. The lowest BCUT2D eigenvalue weighted by atomic mass is 10.1. The molecule has 0 aromatic heterocycles. The smallest absolute Gasteiger partial charge is 0.306 e. The van der Waals surface area contributed by atoms with Crippen LogP contribution < -0.4 is 5.32 Å². The molecule has 5 heteroatoms. The highest BCUT2D eigenvalue weighted by Crippen LogP contribution is 2.12. The second kappa shape index (κ2) is 35.5. The van der Waals surface area contributed by atoms with Crippen molar-refractivity contribution in [3.05, 3.63) is 91.1 Å². The molecule has 1 aromatic carbocycles. The molecule has 0 aliphatic rings. The number of allylic oxidation sites excluding steroid dienone is 10. The van der Waals surface area contributed by atoms with Crippen LogP contribution in [0.4, 0.5) is 5.69 Å². The van der Waals surface area contributed by atoms with Gasteiger partial charge in [-0.15, -0.1) is 0 Å². The SMILES string of the molecule is CCC=CCC=CCC=CCCCCCCCC(=O)OCC(CNc1ccccc1)OC(=O)CCCCCCCC=CCC=CCCCCC. The number of ether oxygens (including phenoxy) is 2. The van der Waals surface area contributed by atoms with E-state index in [1.165, 1.54) is 51.4 Å². The zero-order valence-electron chi connectivity index (χ0n) is 31.8. The van der Waals surface area contributed by atoms with Crippen LogP contribution >= 0.6 is 0 Å². The van der Waals surface area contributed by atoms with E-state index in [2.05, 4.69) is 79.9 Å². The normalized spacial score (nSPS) is 12.6. The number of nitrogens with one attached hydrogen (secondary N) is 1. The van der Waals surface area contributed by atoms with Gasteiger partial charge in [-0.3, -0.25) is 9.59 Å². The number of benzene rings is 1. The van der Waals surface area contributed by atoms with E-state index in [0.717, 1.165) is 82.7 Å². The Labute approximate surface area is 306 Å². The molecule has 1 aromatic rings. The summed E-state index contributed by atoms with van der Waals surface area (Å²) in [6.45, 7) is 4.86. The third-order valence-corrected chi connectivity index (χ3v) is 8.40. The monoisotopic (exact) mass is 690 g/mol. The van der Waals surface area contributed by atoms with Gasteiger partial charge in [0.2, 0.25) is 0 Å². The fourth-order valence-electron chi connectivity index (χ4n) is 5.39. The first-order valence-corrected chi connectivity index (χ1v) is 20.0. The van der Waals surface area contributed by atoms with Gasteiger partial charge < -0.3 is 14.8 Å². The summed E-state index contributed by atoms with van der Waals surface area (Å²) in [5.74, 6) is -0.446. The van der Waals surface area contributed by atoms with E-state index in [0.29, 0.717) is 19.4 Å². The van der Waals surface area contributed by atoms with Crippen LogP contribution in [0.1, 0.15) is 155 Å². The Kier molecular flexibility index (Phi) is 31.7. The number of para-hydroxylation sites is 1. The molecule has 0 aliphatic heterocycles. The van der Waals surface area contributed by atoms with E-state index in [1.54, 1.807) is 0 Å². The number of hydrogen-bond acceptors (Lipinski definition) is 5. The van der Waals surface area contributed by atoms with E-state index in [1.807, 2.05) is 30.3 Å². The molecule has 0 radical (unpaired) electrons. The molecular weight excluding hydrogens is 618 g/mol. The molecule has 0 saturated heterocycles. The second-order valence-corrected chi connectivity index (χ2v) is 13.1. The summed E-state index contributed by atoms with van der Waals surface area (Å²) in [4.78, 5) is 25.1. The maximum atomic E-state index is 12.7. The van der Waals surface area contributed by atoms with Crippen LogP contribution in [-0.4, -0.2) is 31.2 Å². The van der Waals surface area contributed by atoms with Gasteiger partial charge in [-0.2, -0.15) is 0 Å². The fourth-order valence-corrected chi connectivity index (χ4v) is 5.39. The van der Waals surface area contributed by atoms with Gasteiger partial charge in [0.25, 0.3) is 0 Å². The summed E-state index contributed by atoms with van der Waals surface area (Å²) in [7, 11) is 0. The van der Waals surface area contributed by atoms with Crippen LogP contribution in [0.15, 0.2) is 91.1 Å². The second-order valence-electron chi connectivity index (χ2n) is 13.1. The zero-order valence-corrected chi connectivity index (χ0v) is 31.8. The minimum absolute atomic E-state index is 0.0730. The number of carbonyl (C=O) groups is 2. The summed E-state index contributed by atoms with van der Waals surface area (Å²) in [6.07, 6.45) is 44.9. The lowest BCUT2D eigenvalue weighted by Gasteiger charge is -2.19. The molecule has 1 rings (SSSR count). The van der Waals surface area contributed by atoms with E-state index >= 15 is 0 Å². The summed E-state index contributed by atoms with van der Waals surface area (Å²) >= 11 is 0. The molecule has 0 fully saturated rings. The minimum atomic E-state index is -0.522. The Bertz CT molecular complexity index is 1070. The summed E-state index contributed by atoms with van der Waals surface area (Å²) < 4.78 is 11.3. The van der Waals surface area contributed by atoms with Crippen molar-refractivity contribution < 1.29 is 19.1 Å². The molecule has 0 saturated carbocycles. The van der Waals surface area contributed by atoms with Crippen molar-refractivity contribution in [3.63, 3.8) is 0 Å². The van der Waals surface area contributed by atoms with E-state index in [4.69, 9.17) is 9.47 Å². The summed E-state index contributed by atoms with van der Waals surface area (Å²) in [5.41, 5.74) is 0.941. The van der Waals surface area contributed by atoms with E-state index in [9.17, 15) is 9.59 Å². The molecule has 280 valence electrons. The van der Waals surface area contributed by atoms with Crippen molar-refractivity contribution in [1.29, 1.82) is 0 Å². The van der Waals surface area contributed by atoms with Gasteiger partial charge in [0.05, 0.1) is 6.54 Å². The average molecular weight is 690 g/mol. The highest BCUT2D eigenvalue weighted by molar-refractivity contribution is 5.70. The van der Waals surface area contributed by atoms with Crippen LogP contribution in [-0.2, 0) is 19.1 Å².